The van der Waals surface area contributed by atoms with E-state index in [4.69, 9.17) is 4.74 Å². The molecule has 0 aliphatic carbocycles. The minimum absolute atomic E-state index is 0.141. The van der Waals surface area contributed by atoms with Crippen LogP contribution in [0.15, 0.2) is 64.7 Å². The van der Waals surface area contributed by atoms with Crippen molar-refractivity contribution >= 4 is 27.6 Å². The second-order valence-electron chi connectivity index (χ2n) is 9.79. The van der Waals surface area contributed by atoms with Gasteiger partial charge in [0.1, 0.15) is 17.2 Å². The van der Waals surface area contributed by atoms with Crippen LogP contribution in [0.5, 0.6) is 0 Å². The molecule has 0 aliphatic heterocycles. The van der Waals surface area contributed by atoms with Crippen LogP contribution in [0.2, 0.25) is 0 Å². The van der Waals surface area contributed by atoms with E-state index in [2.05, 4.69) is 27.8 Å². The molecule has 0 radical (unpaired) electrons. The van der Waals surface area contributed by atoms with Crippen LogP contribution in [0.1, 0.15) is 49.2 Å². The lowest BCUT2D eigenvalue weighted by atomic mass is 10.1. The number of hydrogen-bond donors (Lipinski definition) is 1. The Kier molecular flexibility index (Phi) is 9.09. The summed E-state index contributed by atoms with van der Waals surface area (Å²) in [6.45, 7) is 9.91. The van der Waals surface area contributed by atoms with Crippen molar-refractivity contribution in [1.82, 2.24) is 14.5 Å². The van der Waals surface area contributed by atoms with Gasteiger partial charge in [-0.3, -0.25) is 13.9 Å². The molecule has 202 valence electrons. The minimum Gasteiger partial charge on any atom is -0.444 e. The zero-order valence-electron chi connectivity index (χ0n) is 21.7. The van der Waals surface area contributed by atoms with E-state index in [1.165, 1.54) is 13.0 Å². The van der Waals surface area contributed by atoms with Crippen molar-refractivity contribution in [1.29, 1.82) is 0 Å². The average molecular weight is 590 g/mol. The monoisotopic (exact) mass is 589 g/mol. The molecular weight excluding hydrogens is 560 g/mol. The van der Waals surface area contributed by atoms with Crippen molar-refractivity contribution in [2.75, 3.05) is 5.33 Å². The fourth-order valence-corrected chi connectivity index (χ4v) is 4.30. The Bertz CT molecular complexity index is 1440. The third kappa shape index (κ3) is 6.66. The SMILES string of the molecule is C=C(CBr)c1c(C)n(Cc2c(F)cccc2F)c(=O)n(C[C@H](NC(=O)OC(C)(C)C)c2ccccc2)c1=O. The number of carbonyl (C=O) groups excluding carboxylic acids is 1. The van der Waals surface area contributed by atoms with E-state index in [9.17, 15) is 23.2 Å². The maximum atomic E-state index is 14.5. The van der Waals surface area contributed by atoms with Crippen molar-refractivity contribution in [3.8, 4) is 0 Å². The molecule has 0 bridgehead atoms. The van der Waals surface area contributed by atoms with Gasteiger partial charge in [0.05, 0.1) is 24.7 Å². The first-order valence-corrected chi connectivity index (χ1v) is 13.0. The van der Waals surface area contributed by atoms with Crippen LogP contribution in [0, 0.1) is 18.6 Å². The van der Waals surface area contributed by atoms with E-state index < -0.39 is 47.2 Å². The lowest BCUT2D eigenvalue weighted by Gasteiger charge is -2.25. The number of aromatic nitrogens is 2. The second kappa shape index (κ2) is 11.9. The number of halogens is 3. The molecule has 1 aromatic heterocycles. The Hall–Kier alpha value is -3.53. The standard InChI is InChI=1S/C28H30BrF2N3O4/c1-17(14-29)24-18(2)33(15-20-21(30)12-9-13-22(20)31)27(37)34(25(24)35)16-23(19-10-7-6-8-11-19)32-26(36)38-28(3,4)5/h6-13,23H,1,14-16H2,2-5H3,(H,32,36)/t23-/m0/s1. The smallest absolute Gasteiger partial charge is 0.408 e. The second-order valence-corrected chi connectivity index (χ2v) is 10.4. The number of alkyl halides is 1. The molecule has 1 heterocycles. The molecule has 0 unspecified atom stereocenters. The molecule has 0 saturated carbocycles. The minimum atomic E-state index is -0.831. The zero-order valence-corrected chi connectivity index (χ0v) is 23.3. The summed E-state index contributed by atoms with van der Waals surface area (Å²) in [4.78, 5) is 39.9. The molecule has 10 heteroatoms. The number of alkyl carbamates (subject to hydrolysis) is 1. The van der Waals surface area contributed by atoms with E-state index in [-0.39, 0.29) is 28.7 Å². The van der Waals surface area contributed by atoms with Crippen molar-refractivity contribution in [3.05, 3.63) is 110 Å². The highest BCUT2D eigenvalue weighted by molar-refractivity contribution is 9.09. The van der Waals surface area contributed by atoms with Crippen molar-refractivity contribution < 1.29 is 18.3 Å². The van der Waals surface area contributed by atoms with Gasteiger partial charge in [-0.05, 0) is 51.0 Å². The number of carbonyl (C=O) groups is 1. The van der Waals surface area contributed by atoms with E-state index >= 15 is 0 Å². The van der Waals surface area contributed by atoms with Gasteiger partial charge in [-0.25, -0.2) is 18.4 Å². The number of benzene rings is 2. The van der Waals surface area contributed by atoms with Gasteiger partial charge in [-0.1, -0.05) is 58.9 Å². The maximum Gasteiger partial charge on any atom is 0.408 e. The van der Waals surface area contributed by atoms with Gasteiger partial charge in [0.2, 0.25) is 0 Å². The summed E-state index contributed by atoms with van der Waals surface area (Å²) in [5.41, 5.74) is -1.13. The lowest BCUT2D eigenvalue weighted by molar-refractivity contribution is 0.0497. The van der Waals surface area contributed by atoms with Crippen LogP contribution in [-0.2, 0) is 17.8 Å². The predicted octanol–water partition coefficient (Wildman–Crippen LogP) is 5.32. The number of nitrogens with zero attached hydrogens (tertiary/aromatic N) is 2. The van der Waals surface area contributed by atoms with Crippen LogP contribution in [0.3, 0.4) is 0 Å². The Morgan fingerprint density at radius 2 is 1.66 bits per heavy atom. The summed E-state index contributed by atoms with van der Waals surface area (Å²) in [6, 6.07) is 11.4. The van der Waals surface area contributed by atoms with Gasteiger partial charge in [0, 0.05) is 16.6 Å². The van der Waals surface area contributed by atoms with E-state index in [0.717, 1.165) is 21.3 Å². The van der Waals surface area contributed by atoms with Gasteiger partial charge in [-0.15, -0.1) is 0 Å². The van der Waals surface area contributed by atoms with Gasteiger partial charge in [0.15, 0.2) is 0 Å². The number of ether oxygens (including phenoxy) is 1. The van der Waals surface area contributed by atoms with Gasteiger partial charge >= 0.3 is 11.8 Å². The Labute approximate surface area is 227 Å². The topological polar surface area (TPSA) is 82.3 Å². The molecule has 0 spiro atoms. The molecule has 2 aromatic carbocycles. The molecule has 0 aliphatic rings. The molecule has 1 N–H and O–H groups in total. The van der Waals surface area contributed by atoms with Crippen LogP contribution in [0.25, 0.3) is 5.57 Å². The van der Waals surface area contributed by atoms with Crippen LogP contribution < -0.4 is 16.6 Å². The highest BCUT2D eigenvalue weighted by atomic mass is 79.9. The summed E-state index contributed by atoms with van der Waals surface area (Å²) in [5, 5.41) is 2.97. The summed E-state index contributed by atoms with van der Waals surface area (Å²) >= 11 is 3.30. The third-order valence-electron chi connectivity index (χ3n) is 5.84. The molecule has 0 saturated heterocycles. The van der Waals surface area contributed by atoms with Crippen LogP contribution >= 0.6 is 15.9 Å². The summed E-state index contributed by atoms with van der Waals surface area (Å²) in [6.07, 6.45) is -0.731. The molecule has 0 fully saturated rings. The van der Waals surface area contributed by atoms with Gasteiger partial charge in [-0.2, -0.15) is 0 Å². The van der Waals surface area contributed by atoms with Crippen LogP contribution in [0.4, 0.5) is 13.6 Å². The number of allylic oxidation sites excluding steroid dienone is 1. The summed E-state index contributed by atoms with van der Waals surface area (Å²) in [7, 11) is 0. The van der Waals surface area contributed by atoms with Crippen molar-refractivity contribution in [2.45, 2.75) is 52.4 Å². The quantitative estimate of drug-likeness (QED) is 0.361. The first-order valence-electron chi connectivity index (χ1n) is 11.9. The maximum absolute atomic E-state index is 14.5. The number of amides is 1. The summed E-state index contributed by atoms with van der Waals surface area (Å²) < 4.78 is 36.5. The van der Waals surface area contributed by atoms with E-state index in [1.54, 1.807) is 51.1 Å². The normalized spacial score (nSPS) is 12.2. The number of rotatable bonds is 8. The first-order chi connectivity index (χ1) is 17.8. The van der Waals surface area contributed by atoms with Crippen LogP contribution in [-0.4, -0.2) is 26.2 Å². The predicted molar refractivity (Wildman–Crippen MR) is 147 cm³/mol. The molecule has 38 heavy (non-hydrogen) atoms. The van der Waals surface area contributed by atoms with E-state index in [1.807, 2.05) is 0 Å². The van der Waals surface area contributed by atoms with E-state index in [0.29, 0.717) is 11.1 Å². The Morgan fingerprint density at radius 3 is 2.21 bits per heavy atom. The lowest BCUT2D eigenvalue weighted by Crippen LogP contribution is -2.46. The zero-order chi connectivity index (χ0) is 28.2. The fourth-order valence-electron chi connectivity index (χ4n) is 4.02. The van der Waals surface area contributed by atoms with Crippen molar-refractivity contribution in [3.63, 3.8) is 0 Å². The number of hydrogen-bond acceptors (Lipinski definition) is 4. The molecule has 1 amide bonds. The molecule has 3 aromatic rings. The summed E-state index contributed by atoms with van der Waals surface area (Å²) in [5.74, 6) is -1.63. The number of nitrogens with one attached hydrogen (secondary N) is 1. The fraction of sp³-hybridized carbons (Fsp3) is 0.321. The Balaban J connectivity index is 2.18. The Morgan fingerprint density at radius 1 is 1.05 bits per heavy atom. The van der Waals surface area contributed by atoms with Gasteiger partial charge in [0.25, 0.3) is 5.56 Å². The molecule has 7 nitrogen and oxygen atoms in total. The highest BCUT2D eigenvalue weighted by Gasteiger charge is 2.25. The molecular formula is C28H30BrF2N3O4. The first kappa shape index (κ1) is 29.0. The van der Waals surface area contributed by atoms with Gasteiger partial charge < -0.3 is 10.1 Å². The highest BCUT2D eigenvalue weighted by Crippen LogP contribution is 2.20. The molecule has 1 atom stereocenters. The molecule has 3 rings (SSSR count). The van der Waals surface area contributed by atoms with Crippen molar-refractivity contribution in [2.24, 2.45) is 0 Å². The largest absolute Gasteiger partial charge is 0.444 e. The average Bonchev–Trinajstić information content (AvgIpc) is 2.84. The third-order valence-corrected chi connectivity index (χ3v) is 6.52.